The van der Waals surface area contributed by atoms with Gasteiger partial charge in [-0.15, -0.1) is 5.11 Å². The lowest BCUT2D eigenvalue weighted by Crippen LogP contribution is -2.27. The van der Waals surface area contributed by atoms with Crippen molar-refractivity contribution in [3.8, 4) is 5.75 Å². The van der Waals surface area contributed by atoms with E-state index >= 15 is 0 Å². The van der Waals surface area contributed by atoms with Crippen LogP contribution < -0.4 is 4.74 Å². The molecule has 5 nitrogen and oxygen atoms in total. The van der Waals surface area contributed by atoms with Gasteiger partial charge in [0.05, 0.1) is 6.04 Å². The van der Waals surface area contributed by atoms with Crippen LogP contribution in [0.2, 0.25) is 0 Å². The predicted molar refractivity (Wildman–Crippen MR) is 67.6 cm³/mol. The van der Waals surface area contributed by atoms with E-state index in [4.69, 9.17) is 9.47 Å². The molecule has 0 aliphatic rings. The van der Waals surface area contributed by atoms with Gasteiger partial charge in [-0.2, -0.15) is 5.11 Å². The summed E-state index contributed by atoms with van der Waals surface area (Å²) in [5.74, 6) is 0.430. The molecule has 98 valence electrons. The number of rotatable bonds is 4. The number of hydrogen-bond acceptors (Lipinski definition) is 5. The van der Waals surface area contributed by atoms with Crippen molar-refractivity contribution < 1.29 is 14.3 Å². The molecule has 0 radical (unpaired) electrons. The van der Waals surface area contributed by atoms with Gasteiger partial charge in [0.2, 0.25) is 5.72 Å². The summed E-state index contributed by atoms with van der Waals surface area (Å²) in [6.07, 6.45) is -0.797. The van der Waals surface area contributed by atoms with Crippen LogP contribution >= 0.6 is 0 Å². The first kappa shape index (κ1) is 14.2. The monoisotopic (exact) mass is 250 g/mol. The van der Waals surface area contributed by atoms with Crippen LogP contribution in [0.1, 0.15) is 27.7 Å². The zero-order valence-corrected chi connectivity index (χ0v) is 11.1. The fourth-order valence-electron chi connectivity index (χ4n) is 1.08. The van der Waals surface area contributed by atoms with E-state index in [0.29, 0.717) is 5.75 Å². The van der Waals surface area contributed by atoms with E-state index in [1.165, 1.54) is 0 Å². The van der Waals surface area contributed by atoms with Gasteiger partial charge in [0, 0.05) is 0 Å². The van der Waals surface area contributed by atoms with Crippen molar-refractivity contribution in [2.45, 2.75) is 39.5 Å². The van der Waals surface area contributed by atoms with Gasteiger partial charge in [-0.3, -0.25) is 0 Å². The molecular formula is C13H18N2O3. The number of azo groups is 1. The second-order valence-electron chi connectivity index (χ2n) is 4.52. The van der Waals surface area contributed by atoms with E-state index in [0.717, 1.165) is 0 Å². The average molecular weight is 250 g/mol. The molecule has 0 saturated carbocycles. The van der Waals surface area contributed by atoms with Crippen LogP contribution in [-0.2, 0) is 4.74 Å². The topological polar surface area (TPSA) is 60.2 Å². The summed E-state index contributed by atoms with van der Waals surface area (Å²) >= 11 is 0. The summed E-state index contributed by atoms with van der Waals surface area (Å²) in [7, 11) is 0. The Morgan fingerprint density at radius 2 is 1.83 bits per heavy atom. The van der Waals surface area contributed by atoms with Crippen molar-refractivity contribution in [2.75, 3.05) is 0 Å². The Hall–Kier alpha value is -1.91. The molecule has 0 atom stereocenters. The zero-order valence-electron chi connectivity index (χ0n) is 11.1. The lowest BCUT2D eigenvalue weighted by Gasteiger charge is -2.18. The molecule has 0 bridgehead atoms. The van der Waals surface area contributed by atoms with Gasteiger partial charge in [-0.1, -0.05) is 18.2 Å². The normalized spacial score (nSPS) is 11.8. The molecule has 5 heteroatoms. The Labute approximate surface area is 107 Å². The molecule has 1 aromatic rings. The minimum Gasteiger partial charge on any atom is -0.404 e. The third-order valence-electron chi connectivity index (χ3n) is 1.81. The second kappa shape index (κ2) is 6.14. The molecule has 1 rings (SSSR count). The van der Waals surface area contributed by atoms with Gasteiger partial charge in [0.25, 0.3) is 0 Å². The summed E-state index contributed by atoms with van der Waals surface area (Å²) in [6.45, 7) is 7.07. The molecule has 1 aromatic carbocycles. The first-order chi connectivity index (χ1) is 8.39. The van der Waals surface area contributed by atoms with E-state index in [9.17, 15) is 4.79 Å². The van der Waals surface area contributed by atoms with Crippen molar-refractivity contribution >= 4 is 6.16 Å². The van der Waals surface area contributed by atoms with Gasteiger partial charge in [0.15, 0.2) is 0 Å². The Morgan fingerprint density at radius 3 is 2.39 bits per heavy atom. The smallest absolute Gasteiger partial charge is 0.404 e. The number of ether oxygens (including phenoxy) is 2. The quantitative estimate of drug-likeness (QED) is 0.464. The zero-order chi connectivity index (χ0) is 13.6. The van der Waals surface area contributed by atoms with Gasteiger partial charge in [-0.05, 0) is 39.8 Å². The van der Waals surface area contributed by atoms with Crippen LogP contribution in [0.4, 0.5) is 4.79 Å². The molecular weight excluding hydrogens is 232 g/mol. The molecule has 0 aliphatic heterocycles. The number of nitrogens with zero attached hydrogens (tertiary/aromatic N) is 2. The molecule has 18 heavy (non-hydrogen) atoms. The van der Waals surface area contributed by atoms with Crippen LogP contribution in [0.25, 0.3) is 0 Å². The maximum atomic E-state index is 11.5. The lowest BCUT2D eigenvalue weighted by molar-refractivity contribution is 0.00958. The van der Waals surface area contributed by atoms with Crippen LogP contribution in [0.5, 0.6) is 5.75 Å². The number of para-hydroxylation sites is 1. The maximum absolute atomic E-state index is 11.5. The Morgan fingerprint density at radius 1 is 1.22 bits per heavy atom. The summed E-state index contributed by atoms with van der Waals surface area (Å²) < 4.78 is 10.1. The van der Waals surface area contributed by atoms with Crippen molar-refractivity contribution in [2.24, 2.45) is 10.2 Å². The minimum absolute atomic E-state index is 0.0537. The number of carbonyl (C=O) groups excluding carboxylic acids is 1. The van der Waals surface area contributed by atoms with Crippen molar-refractivity contribution in [1.82, 2.24) is 0 Å². The summed E-state index contributed by atoms with van der Waals surface area (Å²) in [5, 5.41) is 7.89. The summed E-state index contributed by atoms with van der Waals surface area (Å²) in [5.41, 5.74) is -1.03. The maximum Gasteiger partial charge on any atom is 0.516 e. The minimum atomic E-state index is -1.03. The highest BCUT2D eigenvalue weighted by Crippen LogP contribution is 2.16. The predicted octanol–water partition coefficient (Wildman–Crippen LogP) is 3.80. The Kier molecular flexibility index (Phi) is 4.83. The van der Waals surface area contributed by atoms with Crippen LogP contribution in [-0.4, -0.2) is 17.9 Å². The fourth-order valence-corrected chi connectivity index (χ4v) is 1.08. The highest BCUT2D eigenvalue weighted by molar-refractivity contribution is 5.64. The van der Waals surface area contributed by atoms with Gasteiger partial charge < -0.3 is 9.47 Å². The van der Waals surface area contributed by atoms with Crippen molar-refractivity contribution in [1.29, 1.82) is 0 Å². The average Bonchev–Trinajstić information content (AvgIpc) is 2.27. The second-order valence-corrected chi connectivity index (χ2v) is 4.52. The third-order valence-corrected chi connectivity index (χ3v) is 1.81. The molecule has 0 spiro atoms. The molecule has 0 unspecified atom stereocenters. The van der Waals surface area contributed by atoms with Gasteiger partial charge >= 0.3 is 6.16 Å². The van der Waals surface area contributed by atoms with Gasteiger partial charge in [-0.25, -0.2) is 4.79 Å². The lowest BCUT2D eigenvalue weighted by atomic mass is 10.3. The van der Waals surface area contributed by atoms with Crippen LogP contribution in [0.15, 0.2) is 40.6 Å². The third kappa shape index (κ3) is 5.43. The molecule has 0 amide bonds. The SMILES string of the molecule is CC(C)N=NC(C)(C)OC(=O)Oc1ccccc1. The molecule has 0 heterocycles. The first-order valence-electron chi connectivity index (χ1n) is 5.77. The number of benzene rings is 1. The standard InChI is InChI=1S/C13H18N2O3/c1-10(2)14-15-13(3,4)18-12(16)17-11-8-6-5-7-9-11/h5-10H,1-4H3. The van der Waals surface area contributed by atoms with Gasteiger partial charge in [0.1, 0.15) is 5.75 Å². The molecule has 0 fully saturated rings. The van der Waals surface area contributed by atoms with Crippen molar-refractivity contribution in [3.05, 3.63) is 30.3 Å². The van der Waals surface area contributed by atoms with E-state index < -0.39 is 11.9 Å². The molecule has 0 aromatic heterocycles. The highest BCUT2D eigenvalue weighted by Gasteiger charge is 2.23. The largest absolute Gasteiger partial charge is 0.516 e. The fraction of sp³-hybridized carbons (Fsp3) is 0.462. The van der Waals surface area contributed by atoms with Crippen LogP contribution in [0, 0.1) is 0 Å². The summed E-state index contributed by atoms with van der Waals surface area (Å²) in [6, 6.07) is 8.77. The van der Waals surface area contributed by atoms with E-state index in [2.05, 4.69) is 10.2 Å². The van der Waals surface area contributed by atoms with E-state index in [1.54, 1.807) is 38.1 Å². The highest BCUT2D eigenvalue weighted by atomic mass is 16.7. The van der Waals surface area contributed by atoms with Crippen LogP contribution in [0.3, 0.4) is 0 Å². The summed E-state index contributed by atoms with van der Waals surface area (Å²) in [4.78, 5) is 11.5. The number of hydrogen-bond donors (Lipinski definition) is 0. The molecule has 0 saturated heterocycles. The van der Waals surface area contributed by atoms with Crippen molar-refractivity contribution in [3.63, 3.8) is 0 Å². The Balaban J connectivity index is 2.54. The first-order valence-corrected chi connectivity index (χ1v) is 5.77. The number of carbonyl (C=O) groups is 1. The van der Waals surface area contributed by atoms with E-state index in [1.807, 2.05) is 19.9 Å². The Bertz CT molecular complexity index is 414. The van der Waals surface area contributed by atoms with E-state index in [-0.39, 0.29) is 6.04 Å². The molecule has 0 N–H and O–H groups in total. The molecule has 0 aliphatic carbocycles.